The van der Waals surface area contributed by atoms with Gasteiger partial charge in [0.25, 0.3) is 10.0 Å². The smallest absolute Gasteiger partial charge is 0.264 e. The summed E-state index contributed by atoms with van der Waals surface area (Å²) in [6.45, 7) is 6.00. The number of halogens is 1. The average molecular weight is 515 g/mol. The SMILES string of the molecule is Cc1ccc(N(CC(=O)NCCCc2ccc(OC(C)C)cc2)S(=O)(=O)c2ccc(Cl)cc2)cc1. The number of sulfonamides is 1. The van der Waals surface area contributed by atoms with Crippen LogP contribution in [0, 0.1) is 6.92 Å². The normalized spacial score (nSPS) is 11.3. The first-order valence-electron chi connectivity index (χ1n) is 11.5. The molecule has 3 rings (SSSR count). The van der Waals surface area contributed by atoms with E-state index >= 15 is 0 Å². The van der Waals surface area contributed by atoms with E-state index in [2.05, 4.69) is 5.32 Å². The van der Waals surface area contributed by atoms with E-state index in [1.807, 2.05) is 57.2 Å². The van der Waals surface area contributed by atoms with Gasteiger partial charge in [0.05, 0.1) is 16.7 Å². The number of carbonyl (C=O) groups excluding carboxylic acids is 1. The predicted molar refractivity (Wildman–Crippen MR) is 141 cm³/mol. The van der Waals surface area contributed by atoms with Crippen LogP contribution in [0.5, 0.6) is 5.75 Å². The van der Waals surface area contributed by atoms with Crippen molar-refractivity contribution in [3.63, 3.8) is 0 Å². The van der Waals surface area contributed by atoms with E-state index in [1.165, 1.54) is 24.3 Å². The highest BCUT2D eigenvalue weighted by atomic mass is 35.5. The van der Waals surface area contributed by atoms with Gasteiger partial charge in [-0.1, -0.05) is 41.4 Å². The van der Waals surface area contributed by atoms with Crippen LogP contribution in [0.3, 0.4) is 0 Å². The van der Waals surface area contributed by atoms with Gasteiger partial charge in [-0.2, -0.15) is 0 Å². The molecule has 186 valence electrons. The summed E-state index contributed by atoms with van der Waals surface area (Å²) < 4.78 is 33.5. The number of aryl methyl sites for hydroxylation is 2. The lowest BCUT2D eigenvalue weighted by Crippen LogP contribution is -2.41. The van der Waals surface area contributed by atoms with E-state index in [4.69, 9.17) is 16.3 Å². The monoisotopic (exact) mass is 514 g/mol. The Labute approximate surface area is 212 Å². The van der Waals surface area contributed by atoms with Gasteiger partial charge in [-0.25, -0.2) is 8.42 Å². The molecule has 0 aliphatic rings. The summed E-state index contributed by atoms with van der Waals surface area (Å²) in [5.41, 5.74) is 2.55. The van der Waals surface area contributed by atoms with Gasteiger partial charge in [0.1, 0.15) is 12.3 Å². The van der Waals surface area contributed by atoms with E-state index in [1.54, 1.807) is 12.1 Å². The second kappa shape index (κ2) is 12.1. The van der Waals surface area contributed by atoms with Crippen molar-refractivity contribution in [1.29, 1.82) is 0 Å². The highest BCUT2D eigenvalue weighted by molar-refractivity contribution is 7.92. The number of hydrogen-bond acceptors (Lipinski definition) is 4. The van der Waals surface area contributed by atoms with Crippen LogP contribution in [0.2, 0.25) is 5.02 Å². The summed E-state index contributed by atoms with van der Waals surface area (Å²) in [6, 6.07) is 20.8. The molecule has 8 heteroatoms. The van der Waals surface area contributed by atoms with Crippen LogP contribution in [0.4, 0.5) is 5.69 Å². The maximum absolute atomic E-state index is 13.4. The number of nitrogens with zero attached hydrogens (tertiary/aromatic N) is 1. The minimum absolute atomic E-state index is 0.0696. The van der Waals surface area contributed by atoms with Crippen molar-refractivity contribution in [3.8, 4) is 5.75 Å². The molecule has 0 aliphatic heterocycles. The first-order chi connectivity index (χ1) is 16.6. The van der Waals surface area contributed by atoms with Crippen LogP contribution in [0.1, 0.15) is 31.4 Å². The summed E-state index contributed by atoms with van der Waals surface area (Å²) in [6.07, 6.45) is 1.64. The van der Waals surface area contributed by atoms with Crippen molar-refractivity contribution in [3.05, 3.63) is 88.9 Å². The lowest BCUT2D eigenvalue weighted by atomic mass is 10.1. The Hall–Kier alpha value is -3.03. The third kappa shape index (κ3) is 7.73. The van der Waals surface area contributed by atoms with Crippen molar-refractivity contribution in [2.24, 2.45) is 0 Å². The Balaban J connectivity index is 1.62. The highest BCUT2D eigenvalue weighted by Gasteiger charge is 2.27. The van der Waals surface area contributed by atoms with Gasteiger partial charge >= 0.3 is 0 Å². The van der Waals surface area contributed by atoms with Gasteiger partial charge in [-0.3, -0.25) is 9.10 Å². The molecule has 3 aromatic rings. The number of carbonyl (C=O) groups is 1. The zero-order valence-electron chi connectivity index (χ0n) is 20.2. The lowest BCUT2D eigenvalue weighted by molar-refractivity contribution is -0.119. The Kier molecular flexibility index (Phi) is 9.18. The summed E-state index contributed by atoms with van der Waals surface area (Å²) >= 11 is 5.92. The third-order valence-electron chi connectivity index (χ3n) is 5.27. The standard InChI is InChI=1S/C27H31ClN2O4S/c1-20(2)34-25-14-8-22(9-15-25)5-4-18-29-27(31)19-30(24-12-6-21(3)7-13-24)35(32,33)26-16-10-23(28)11-17-26/h6-17,20H,4-5,18-19H2,1-3H3,(H,29,31). The Morgan fingerprint density at radius 1 is 0.971 bits per heavy atom. The van der Waals surface area contributed by atoms with Crippen molar-refractivity contribution < 1.29 is 17.9 Å². The molecule has 0 saturated carbocycles. The number of amides is 1. The summed E-state index contributed by atoms with van der Waals surface area (Å²) in [4.78, 5) is 12.8. The highest BCUT2D eigenvalue weighted by Crippen LogP contribution is 2.25. The molecule has 0 bridgehead atoms. The second-order valence-corrected chi connectivity index (χ2v) is 10.9. The Bertz CT molecular complexity index is 1210. The quantitative estimate of drug-likeness (QED) is 0.348. The molecule has 1 amide bonds. The maximum Gasteiger partial charge on any atom is 0.264 e. The van der Waals surface area contributed by atoms with Gasteiger partial charge in [-0.15, -0.1) is 0 Å². The summed E-state index contributed by atoms with van der Waals surface area (Å²) in [5, 5.41) is 3.28. The fourth-order valence-electron chi connectivity index (χ4n) is 3.47. The van der Waals surface area contributed by atoms with Crippen LogP contribution in [-0.4, -0.2) is 33.5 Å². The van der Waals surface area contributed by atoms with E-state index in [-0.39, 0.29) is 23.5 Å². The molecule has 0 spiro atoms. The third-order valence-corrected chi connectivity index (χ3v) is 7.31. The molecule has 0 unspecified atom stereocenters. The van der Waals surface area contributed by atoms with E-state index in [0.29, 0.717) is 17.3 Å². The topological polar surface area (TPSA) is 75.7 Å². The number of nitrogens with one attached hydrogen (secondary N) is 1. The number of benzene rings is 3. The van der Waals surface area contributed by atoms with Crippen molar-refractivity contribution in [1.82, 2.24) is 5.32 Å². The van der Waals surface area contributed by atoms with E-state index < -0.39 is 10.0 Å². The number of ether oxygens (including phenoxy) is 1. The van der Waals surface area contributed by atoms with Crippen molar-refractivity contribution in [2.75, 3.05) is 17.4 Å². The summed E-state index contributed by atoms with van der Waals surface area (Å²) in [5.74, 6) is 0.457. The molecule has 0 aliphatic carbocycles. The fourth-order valence-corrected chi connectivity index (χ4v) is 5.02. The molecule has 6 nitrogen and oxygen atoms in total. The molecule has 0 atom stereocenters. The second-order valence-electron chi connectivity index (χ2n) is 8.57. The van der Waals surface area contributed by atoms with Crippen LogP contribution >= 0.6 is 11.6 Å². The number of anilines is 1. The predicted octanol–water partition coefficient (Wildman–Crippen LogP) is 5.38. The molecule has 0 aromatic heterocycles. The zero-order chi connectivity index (χ0) is 25.4. The molecule has 1 N–H and O–H groups in total. The number of rotatable bonds is 11. The molecule has 0 heterocycles. The minimum Gasteiger partial charge on any atom is -0.491 e. The van der Waals surface area contributed by atoms with Gasteiger partial charge in [0.2, 0.25) is 5.91 Å². The Morgan fingerprint density at radius 2 is 1.60 bits per heavy atom. The van der Waals surface area contributed by atoms with Crippen LogP contribution in [-0.2, 0) is 21.2 Å². The fraction of sp³-hybridized carbons (Fsp3) is 0.296. The van der Waals surface area contributed by atoms with E-state index in [0.717, 1.165) is 34.0 Å². The molecule has 0 saturated heterocycles. The average Bonchev–Trinajstić information content (AvgIpc) is 2.82. The van der Waals surface area contributed by atoms with Crippen molar-refractivity contribution in [2.45, 2.75) is 44.6 Å². The largest absolute Gasteiger partial charge is 0.491 e. The first kappa shape index (κ1) is 26.6. The van der Waals surface area contributed by atoms with Crippen molar-refractivity contribution >= 4 is 33.2 Å². The lowest BCUT2D eigenvalue weighted by Gasteiger charge is -2.24. The first-order valence-corrected chi connectivity index (χ1v) is 13.3. The molecule has 0 fully saturated rings. The molecule has 0 radical (unpaired) electrons. The Morgan fingerprint density at radius 3 is 2.20 bits per heavy atom. The van der Waals surface area contributed by atoms with Gasteiger partial charge in [0.15, 0.2) is 0 Å². The molecular formula is C27H31ClN2O4S. The molecule has 3 aromatic carbocycles. The van der Waals surface area contributed by atoms with E-state index in [9.17, 15) is 13.2 Å². The van der Waals surface area contributed by atoms with Gasteiger partial charge < -0.3 is 10.1 Å². The molecule has 35 heavy (non-hydrogen) atoms. The summed E-state index contributed by atoms with van der Waals surface area (Å²) in [7, 11) is -3.96. The van der Waals surface area contributed by atoms with Crippen LogP contribution in [0.15, 0.2) is 77.7 Å². The van der Waals surface area contributed by atoms with Gasteiger partial charge in [0, 0.05) is 11.6 Å². The maximum atomic E-state index is 13.4. The zero-order valence-corrected chi connectivity index (χ0v) is 21.8. The van der Waals surface area contributed by atoms with Gasteiger partial charge in [-0.05, 0) is 87.7 Å². The molecular weight excluding hydrogens is 484 g/mol. The minimum atomic E-state index is -3.96. The van der Waals surface area contributed by atoms with Crippen LogP contribution in [0.25, 0.3) is 0 Å². The van der Waals surface area contributed by atoms with Crippen LogP contribution < -0.4 is 14.4 Å². The number of hydrogen-bond donors (Lipinski definition) is 1.